The van der Waals surface area contributed by atoms with Crippen molar-refractivity contribution < 1.29 is 9.47 Å². The van der Waals surface area contributed by atoms with Gasteiger partial charge in [-0.05, 0) is 44.0 Å². The van der Waals surface area contributed by atoms with E-state index in [9.17, 15) is 0 Å². The van der Waals surface area contributed by atoms with Crippen molar-refractivity contribution in [1.29, 1.82) is 5.41 Å². The second-order valence-electron chi connectivity index (χ2n) is 5.15. The number of benzene rings is 1. The van der Waals surface area contributed by atoms with Crippen molar-refractivity contribution in [3.8, 4) is 11.5 Å². The Balaban J connectivity index is 2.31. The topological polar surface area (TPSA) is 68.3 Å². The molecule has 4 heteroatoms. The molecule has 0 aliphatic carbocycles. The van der Waals surface area contributed by atoms with Crippen LogP contribution in [0, 0.1) is 10.8 Å². The van der Waals surface area contributed by atoms with Crippen molar-refractivity contribution in [1.82, 2.24) is 0 Å². The summed E-state index contributed by atoms with van der Waals surface area (Å²) in [6.07, 6.45) is 1.72. The molecule has 3 N–H and O–H groups in total. The van der Waals surface area contributed by atoms with Gasteiger partial charge in [-0.15, -0.1) is 0 Å². The molecule has 0 aliphatic heterocycles. The van der Waals surface area contributed by atoms with Gasteiger partial charge in [-0.3, -0.25) is 5.41 Å². The molecule has 0 heterocycles. The molecule has 0 radical (unpaired) electrons. The lowest BCUT2D eigenvalue weighted by atomic mass is 9.87. The number of hydrogen-bond acceptors (Lipinski definition) is 3. The summed E-state index contributed by atoms with van der Waals surface area (Å²) in [5.74, 6) is 1.92. The summed E-state index contributed by atoms with van der Waals surface area (Å²) in [5, 5.41) is 7.48. The van der Waals surface area contributed by atoms with Gasteiger partial charge in [0, 0.05) is 5.41 Å². The van der Waals surface area contributed by atoms with Gasteiger partial charge in [0.25, 0.3) is 0 Å². The summed E-state index contributed by atoms with van der Waals surface area (Å²) < 4.78 is 11.0. The summed E-state index contributed by atoms with van der Waals surface area (Å²) in [6, 6.07) is 7.61. The van der Waals surface area contributed by atoms with Gasteiger partial charge >= 0.3 is 0 Å². The van der Waals surface area contributed by atoms with Crippen LogP contribution in [0.4, 0.5) is 0 Å². The fourth-order valence-corrected chi connectivity index (χ4v) is 1.64. The molecule has 0 spiro atoms. The van der Waals surface area contributed by atoms with Crippen molar-refractivity contribution in [2.24, 2.45) is 11.1 Å². The van der Waals surface area contributed by atoms with Crippen LogP contribution >= 0.6 is 0 Å². The van der Waals surface area contributed by atoms with Crippen LogP contribution in [0.25, 0.3) is 0 Å². The summed E-state index contributed by atoms with van der Waals surface area (Å²) >= 11 is 0. The van der Waals surface area contributed by atoms with Gasteiger partial charge in [0.15, 0.2) is 0 Å². The monoisotopic (exact) mass is 264 g/mol. The van der Waals surface area contributed by atoms with E-state index in [1.54, 1.807) is 0 Å². The molecule has 0 amide bonds. The molecule has 19 heavy (non-hydrogen) atoms. The smallest absolute Gasteiger partial charge is 0.119 e. The minimum atomic E-state index is -0.248. The second-order valence-corrected chi connectivity index (χ2v) is 5.15. The average molecular weight is 264 g/mol. The molecule has 0 bridgehead atoms. The third kappa shape index (κ3) is 5.20. The van der Waals surface area contributed by atoms with Crippen LogP contribution in [0.5, 0.6) is 11.5 Å². The van der Waals surface area contributed by atoms with Crippen molar-refractivity contribution in [2.45, 2.75) is 33.6 Å². The Hall–Kier alpha value is -1.71. The maximum atomic E-state index is 7.48. The molecule has 1 aromatic carbocycles. The van der Waals surface area contributed by atoms with E-state index in [-0.39, 0.29) is 11.3 Å². The SMILES string of the molecule is CCOc1ccc(OCCCC(C)(C)C(=N)N)cc1. The Kier molecular flexibility index (Phi) is 5.67. The summed E-state index contributed by atoms with van der Waals surface area (Å²) in [6.45, 7) is 7.21. The van der Waals surface area contributed by atoms with E-state index in [4.69, 9.17) is 20.6 Å². The normalized spacial score (nSPS) is 11.1. The van der Waals surface area contributed by atoms with Crippen LogP contribution in [0.2, 0.25) is 0 Å². The standard InChI is InChI=1S/C15H24N2O2/c1-4-18-12-6-8-13(9-7-12)19-11-5-10-15(2,3)14(16)17/h6-9H,4-5,10-11H2,1-3H3,(H3,16,17). The molecule has 0 atom stereocenters. The number of nitrogens with one attached hydrogen (secondary N) is 1. The Morgan fingerprint density at radius 2 is 1.68 bits per heavy atom. The summed E-state index contributed by atoms with van der Waals surface area (Å²) in [5.41, 5.74) is 5.29. The highest BCUT2D eigenvalue weighted by molar-refractivity contribution is 5.82. The minimum Gasteiger partial charge on any atom is -0.494 e. The number of nitrogens with two attached hydrogens (primary N) is 1. The molecule has 0 unspecified atom stereocenters. The lowest BCUT2D eigenvalue weighted by molar-refractivity contribution is 0.286. The highest BCUT2D eigenvalue weighted by Gasteiger charge is 2.20. The quantitative estimate of drug-likeness (QED) is 0.430. The van der Waals surface area contributed by atoms with Crippen LogP contribution in [0.15, 0.2) is 24.3 Å². The van der Waals surface area contributed by atoms with E-state index >= 15 is 0 Å². The maximum absolute atomic E-state index is 7.48. The lowest BCUT2D eigenvalue weighted by Crippen LogP contribution is -2.31. The van der Waals surface area contributed by atoms with Crippen molar-refractivity contribution >= 4 is 5.84 Å². The van der Waals surface area contributed by atoms with Crippen LogP contribution in [-0.4, -0.2) is 19.0 Å². The molecule has 0 saturated heterocycles. The third-order valence-electron chi connectivity index (χ3n) is 3.08. The number of rotatable bonds is 8. The second kappa shape index (κ2) is 7.02. The molecule has 4 nitrogen and oxygen atoms in total. The van der Waals surface area contributed by atoms with Gasteiger partial charge in [-0.2, -0.15) is 0 Å². The van der Waals surface area contributed by atoms with Crippen LogP contribution < -0.4 is 15.2 Å². The van der Waals surface area contributed by atoms with Gasteiger partial charge in [-0.25, -0.2) is 0 Å². The largest absolute Gasteiger partial charge is 0.494 e. The molecule has 0 fully saturated rings. The first kappa shape index (κ1) is 15.3. The molecule has 0 aromatic heterocycles. The molecule has 1 rings (SSSR count). The van der Waals surface area contributed by atoms with E-state index < -0.39 is 0 Å². The predicted molar refractivity (Wildman–Crippen MR) is 78.0 cm³/mol. The molecule has 0 saturated carbocycles. The van der Waals surface area contributed by atoms with Crippen LogP contribution in [-0.2, 0) is 0 Å². The number of amidine groups is 1. The fraction of sp³-hybridized carbons (Fsp3) is 0.533. The number of hydrogen-bond donors (Lipinski definition) is 2. The molecular formula is C15H24N2O2. The van der Waals surface area contributed by atoms with E-state index in [1.165, 1.54) is 0 Å². The van der Waals surface area contributed by atoms with E-state index in [0.717, 1.165) is 24.3 Å². The van der Waals surface area contributed by atoms with E-state index in [0.29, 0.717) is 13.2 Å². The van der Waals surface area contributed by atoms with Gasteiger partial charge in [0.1, 0.15) is 11.5 Å². The zero-order valence-corrected chi connectivity index (χ0v) is 12.0. The summed E-state index contributed by atoms with van der Waals surface area (Å²) in [7, 11) is 0. The fourth-order valence-electron chi connectivity index (χ4n) is 1.64. The Bertz CT molecular complexity index is 399. The van der Waals surface area contributed by atoms with Crippen molar-refractivity contribution in [3.63, 3.8) is 0 Å². The van der Waals surface area contributed by atoms with Crippen LogP contribution in [0.3, 0.4) is 0 Å². The van der Waals surface area contributed by atoms with E-state index in [1.807, 2.05) is 45.0 Å². The molecular weight excluding hydrogens is 240 g/mol. The Morgan fingerprint density at radius 3 is 2.16 bits per heavy atom. The van der Waals surface area contributed by atoms with Gasteiger partial charge in [0.2, 0.25) is 0 Å². The Labute approximate surface area is 115 Å². The Morgan fingerprint density at radius 1 is 1.16 bits per heavy atom. The molecule has 106 valence electrons. The first-order valence-electron chi connectivity index (χ1n) is 6.66. The number of ether oxygens (including phenoxy) is 2. The zero-order chi connectivity index (χ0) is 14.3. The first-order valence-corrected chi connectivity index (χ1v) is 6.66. The van der Waals surface area contributed by atoms with Gasteiger partial charge in [-0.1, -0.05) is 13.8 Å². The maximum Gasteiger partial charge on any atom is 0.119 e. The van der Waals surface area contributed by atoms with Crippen LogP contribution in [0.1, 0.15) is 33.6 Å². The molecule has 0 aliphatic rings. The molecule has 1 aromatic rings. The summed E-state index contributed by atoms with van der Waals surface area (Å²) in [4.78, 5) is 0. The average Bonchev–Trinajstić information content (AvgIpc) is 2.37. The highest BCUT2D eigenvalue weighted by atomic mass is 16.5. The van der Waals surface area contributed by atoms with Crippen molar-refractivity contribution in [2.75, 3.05) is 13.2 Å². The lowest BCUT2D eigenvalue weighted by Gasteiger charge is -2.22. The van der Waals surface area contributed by atoms with E-state index in [2.05, 4.69) is 0 Å². The zero-order valence-electron chi connectivity index (χ0n) is 12.0. The van der Waals surface area contributed by atoms with Gasteiger partial charge < -0.3 is 15.2 Å². The highest BCUT2D eigenvalue weighted by Crippen LogP contribution is 2.22. The minimum absolute atomic E-state index is 0.230. The van der Waals surface area contributed by atoms with Gasteiger partial charge in [0.05, 0.1) is 19.0 Å². The van der Waals surface area contributed by atoms with Crippen molar-refractivity contribution in [3.05, 3.63) is 24.3 Å². The first-order chi connectivity index (χ1) is 8.95. The third-order valence-corrected chi connectivity index (χ3v) is 3.08. The predicted octanol–water partition coefficient (Wildman–Crippen LogP) is 3.21.